The van der Waals surface area contributed by atoms with E-state index in [9.17, 15) is 0 Å². The molecule has 8 heteroatoms. The van der Waals surface area contributed by atoms with Gasteiger partial charge in [-0.25, -0.2) is 15.0 Å². The van der Waals surface area contributed by atoms with Gasteiger partial charge in [0.1, 0.15) is 5.69 Å². The summed E-state index contributed by atoms with van der Waals surface area (Å²) in [4.78, 5) is 21.4. The molecule has 3 aromatic heterocycles. The Bertz CT molecular complexity index is 1720. The molecule has 0 amide bonds. The minimum Gasteiger partial charge on any atom is -0.369 e. The van der Waals surface area contributed by atoms with Crippen LogP contribution in [0.25, 0.3) is 22.3 Å². The number of likely N-dealkylation sites (N-methyl/N-ethyl adjacent to an activating group) is 1. The Morgan fingerprint density at radius 3 is 2.59 bits per heavy atom. The van der Waals surface area contributed by atoms with Gasteiger partial charge in [-0.05, 0) is 72.6 Å². The van der Waals surface area contributed by atoms with E-state index in [0.29, 0.717) is 5.69 Å². The third-order valence-corrected chi connectivity index (χ3v) is 7.49. The highest BCUT2D eigenvalue weighted by Gasteiger charge is 2.23. The van der Waals surface area contributed by atoms with Crippen molar-refractivity contribution in [1.29, 1.82) is 0 Å². The molecule has 5 aromatic rings. The standard InChI is InChI=1S/C31H28N8/c1-37-13-15-38(16-14-37)27-9-7-23-20-39(21-25(23)18-27)31-32-12-11-30(35-31)29-4-2-3-26(34-29)8-5-22-6-10-28-24(17-22)19-33-36-28/h2-4,6-7,9-12,17-19H,13-16,20-21H2,1H3,(H,33,36). The van der Waals surface area contributed by atoms with Crippen molar-refractivity contribution in [3.63, 3.8) is 0 Å². The summed E-state index contributed by atoms with van der Waals surface area (Å²) in [6, 6.07) is 20.6. The van der Waals surface area contributed by atoms with Gasteiger partial charge in [-0.1, -0.05) is 18.1 Å². The van der Waals surface area contributed by atoms with Gasteiger partial charge in [0.2, 0.25) is 5.95 Å². The number of aromatic amines is 1. The first-order valence-corrected chi connectivity index (χ1v) is 13.2. The number of pyridine rings is 1. The number of aromatic nitrogens is 5. The summed E-state index contributed by atoms with van der Waals surface area (Å²) >= 11 is 0. The minimum atomic E-state index is 0.699. The van der Waals surface area contributed by atoms with Crippen molar-refractivity contribution in [3.05, 3.63) is 95.4 Å². The van der Waals surface area contributed by atoms with Gasteiger partial charge in [0.25, 0.3) is 0 Å². The Balaban J connectivity index is 1.09. The highest BCUT2D eigenvalue weighted by atomic mass is 15.3. The number of H-pyrrole nitrogens is 1. The fourth-order valence-electron chi connectivity index (χ4n) is 5.23. The second-order valence-electron chi connectivity index (χ2n) is 10.2. The SMILES string of the molecule is CN1CCN(c2ccc3c(c2)CN(c2nccc(-c4cccc(C#Cc5ccc6[nH]ncc6c5)n4)n2)C3)CC1. The summed E-state index contributed by atoms with van der Waals surface area (Å²) in [7, 11) is 2.19. The molecule has 5 heterocycles. The summed E-state index contributed by atoms with van der Waals surface area (Å²) in [5, 5.41) is 8.08. The average Bonchev–Trinajstić information content (AvgIpc) is 3.63. The molecule has 1 fully saturated rings. The lowest BCUT2D eigenvalue weighted by molar-refractivity contribution is 0.313. The van der Waals surface area contributed by atoms with E-state index in [1.807, 2.05) is 48.7 Å². The van der Waals surface area contributed by atoms with Crippen LogP contribution in [0.4, 0.5) is 11.6 Å². The molecular weight excluding hydrogens is 484 g/mol. The molecule has 2 aromatic carbocycles. The number of hydrogen-bond donors (Lipinski definition) is 1. The quantitative estimate of drug-likeness (QED) is 0.365. The van der Waals surface area contributed by atoms with Crippen molar-refractivity contribution in [3.8, 4) is 23.2 Å². The normalized spacial score (nSPS) is 15.3. The van der Waals surface area contributed by atoms with E-state index >= 15 is 0 Å². The molecule has 0 unspecified atom stereocenters. The molecule has 192 valence electrons. The van der Waals surface area contributed by atoms with Crippen LogP contribution in [-0.2, 0) is 13.1 Å². The highest BCUT2D eigenvalue weighted by molar-refractivity contribution is 5.79. The molecule has 0 saturated carbocycles. The van der Waals surface area contributed by atoms with E-state index in [1.54, 1.807) is 6.20 Å². The Kier molecular flexibility index (Phi) is 5.91. The first-order valence-electron chi connectivity index (χ1n) is 13.2. The number of benzene rings is 2. The molecule has 8 nitrogen and oxygen atoms in total. The van der Waals surface area contributed by atoms with Crippen LogP contribution in [0.1, 0.15) is 22.4 Å². The zero-order valence-corrected chi connectivity index (χ0v) is 21.8. The molecule has 1 saturated heterocycles. The maximum atomic E-state index is 4.89. The zero-order chi connectivity index (χ0) is 26.2. The van der Waals surface area contributed by atoms with Gasteiger partial charge in [-0.2, -0.15) is 5.10 Å². The Labute approximate surface area is 227 Å². The van der Waals surface area contributed by atoms with E-state index in [1.165, 1.54) is 16.8 Å². The van der Waals surface area contributed by atoms with Gasteiger partial charge in [0.15, 0.2) is 0 Å². The molecule has 0 aliphatic carbocycles. The van der Waals surface area contributed by atoms with Crippen LogP contribution in [0.2, 0.25) is 0 Å². The topological polar surface area (TPSA) is 77.1 Å². The van der Waals surface area contributed by atoms with E-state index in [0.717, 1.165) is 73.1 Å². The summed E-state index contributed by atoms with van der Waals surface area (Å²) in [5.74, 6) is 7.13. The number of piperazine rings is 1. The average molecular weight is 513 g/mol. The molecule has 2 aliphatic rings. The summed E-state index contributed by atoms with van der Waals surface area (Å²) in [5.41, 5.74) is 8.19. The van der Waals surface area contributed by atoms with E-state index in [4.69, 9.17) is 9.97 Å². The third kappa shape index (κ3) is 4.80. The third-order valence-electron chi connectivity index (χ3n) is 7.49. The number of nitrogens with one attached hydrogen (secondary N) is 1. The number of hydrogen-bond acceptors (Lipinski definition) is 7. The van der Waals surface area contributed by atoms with E-state index in [2.05, 4.69) is 67.0 Å². The van der Waals surface area contributed by atoms with Crippen molar-refractivity contribution < 1.29 is 0 Å². The van der Waals surface area contributed by atoms with Gasteiger partial charge in [-0.3, -0.25) is 5.10 Å². The van der Waals surface area contributed by atoms with Crippen LogP contribution in [0.3, 0.4) is 0 Å². The number of fused-ring (bicyclic) bond motifs is 2. The van der Waals surface area contributed by atoms with Gasteiger partial charge in [-0.15, -0.1) is 0 Å². The van der Waals surface area contributed by atoms with Crippen molar-refractivity contribution in [1.82, 2.24) is 30.0 Å². The number of anilines is 2. The summed E-state index contributed by atoms with van der Waals surface area (Å²) in [6.07, 6.45) is 3.62. The maximum Gasteiger partial charge on any atom is 0.226 e. The lowest BCUT2D eigenvalue weighted by atomic mass is 10.1. The molecular formula is C31H28N8. The molecule has 1 N–H and O–H groups in total. The highest BCUT2D eigenvalue weighted by Crippen LogP contribution is 2.30. The largest absolute Gasteiger partial charge is 0.369 e. The van der Waals surface area contributed by atoms with Crippen molar-refractivity contribution in [2.24, 2.45) is 0 Å². The smallest absolute Gasteiger partial charge is 0.226 e. The summed E-state index contributed by atoms with van der Waals surface area (Å²) in [6.45, 7) is 5.96. The minimum absolute atomic E-state index is 0.699. The molecule has 0 bridgehead atoms. The molecule has 0 atom stereocenters. The van der Waals surface area contributed by atoms with Crippen LogP contribution in [0, 0.1) is 11.8 Å². The van der Waals surface area contributed by atoms with Crippen molar-refractivity contribution in [2.45, 2.75) is 13.1 Å². The summed E-state index contributed by atoms with van der Waals surface area (Å²) < 4.78 is 0. The van der Waals surface area contributed by atoms with Crippen LogP contribution in [0.5, 0.6) is 0 Å². The van der Waals surface area contributed by atoms with Gasteiger partial charge in [0, 0.05) is 62.1 Å². The Hall–Kier alpha value is -4.74. The van der Waals surface area contributed by atoms with Gasteiger partial charge < -0.3 is 14.7 Å². The molecule has 39 heavy (non-hydrogen) atoms. The predicted molar refractivity (Wildman–Crippen MR) is 153 cm³/mol. The second-order valence-corrected chi connectivity index (χ2v) is 10.2. The molecule has 7 rings (SSSR count). The number of rotatable bonds is 3. The van der Waals surface area contributed by atoms with E-state index < -0.39 is 0 Å². The first kappa shape index (κ1) is 23.4. The van der Waals surface area contributed by atoms with Crippen LogP contribution in [0.15, 0.2) is 73.1 Å². The van der Waals surface area contributed by atoms with Crippen molar-refractivity contribution in [2.75, 3.05) is 43.0 Å². The first-order chi connectivity index (χ1) is 19.2. The molecule has 2 aliphatic heterocycles. The van der Waals surface area contributed by atoms with E-state index in [-0.39, 0.29) is 0 Å². The maximum absolute atomic E-state index is 4.89. The Morgan fingerprint density at radius 2 is 1.67 bits per heavy atom. The lowest BCUT2D eigenvalue weighted by Gasteiger charge is -2.34. The van der Waals surface area contributed by atoms with Gasteiger partial charge in [0.05, 0.1) is 23.1 Å². The van der Waals surface area contributed by atoms with Crippen molar-refractivity contribution >= 4 is 22.5 Å². The molecule has 0 spiro atoms. The lowest BCUT2D eigenvalue weighted by Crippen LogP contribution is -2.44. The van der Waals surface area contributed by atoms with Crippen LogP contribution < -0.4 is 9.80 Å². The van der Waals surface area contributed by atoms with Crippen LogP contribution >= 0.6 is 0 Å². The Morgan fingerprint density at radius 1 is 0.795 bits per heavy atom. The van der Waals surface area contributed by atoms with Gasteiger partial charge >= 0.3 is 0 Å². The monoisotopic (exact) mass is 512 g/mol. The predicted octanol–water partition coefficient (Wildman–Crippen LogP) is 4.09. The van der Waals surface area contributed by atoms with Crippen LogP contribution in [-0.4, -0.2) is 63.3 Å². The second kappa shape index (κ2) is 9.86. The fraction of sp³-hybridized carbons (Fsp3) is 0.226. The zero-order valence-electron chi connectivity index (χ0n) is 21.8. The fourth-order valence-corrected chi connectivity index (χ4v) is 5.23. The number of nitrogens with zero attached hydrogens (tertiary/aromatic N) is 7. The molecule has 0 radical (unpaired) electrons.